The number of thioether (sulfide) groups is 1. The molecule has 1 fully saturated rings. The van der Waals surface area contributed by atoms with Gasteiger partial charge in [0.25, 0.3) is 11.2 Å². The van der Waals surface area contributed by atoms with Crippen molar-refractivity contribution in [3.8, 4) is 0 Å². The van der Waals surface area contributed by atoms with Crippen molar-refractivity contribution in [3.63, 3.8) is 0 Å². The molecule has 1 N–H and O–H groups in total. The predicted molar refractivity (Wildman–Crippen MR) is 62.4 cm³/mol. The second-order valence-corrected chi connectivity index (χ2v) is 4.76. The topological polar surface area (TPSA) is 82.7 Å². The third-order valence-corrected chi connectivity index (χ3v) is 3.31. The molecule has 0 saturated carbocycles. The number of aliphatic carboxylic acids is 1. The van der Waals surface area contributed by atoms with Gasteiger partial charge in [-0.15, -0.1) is 0 Å². The zero-order chi connectivity index (χ0) is 12.3. The van der Waals surface area contributed by atoms with Gasteiger partial charge in [0.15, 0.2) is 0 Å². The number of nitrogens with zero attached hydrogens (tertiary/aromatic N) is 4. The van der Waals surface area contributed by atoms with Crippen molar-refractivity contribution in [1.29, 1.82) is 0 Å². The molecular formula is C9H14N4O3S. The molecule has 1 aliphatic heterocycles. The van der Waals surface area contributed by atoms with Gasteiger partial charge in [-0.3, -0.25) is 4.79 Å². The van der Waals surface area contributed by atoms with Gasteiger partial charge >= 0.3 is 5.97 Å². The first-order valence-electron chi connectivity index (χ1n) is 5.27. The number of likely N-dealkylation sites (N-methyl/N-ethyl adjacent to an activating group) is 1. The fraction of sp³-hybridized carbons (Fsp3) is 0.667. The van der Waals surface area contributed by atoms with Crippen molar-refractivity contribution in [1.82, 2.24) is 15.0 Å². The minimum atomic E-state index is -0.894. The zero-order valence-electron chi connectivity index (χ0n) is 9.50. The first-order chi connectivity index (χ1) is 8.15. The average Bonchev–Trinajstić information content (AvgIpc) is 2.76. The van der Waals surface area contributed by atoms with Crippen LogP contribution in [0.15, 0.2) is 9.75 Å². The fourth-order valence-corrected chi connectivity index (χ4v) is 2.00. The van der Waals surface area contributed by atoms with Gasteiger partial charge in [0, 0.05) is 26.2 Å². The van der Waals surface area contributed by atoms with Crippen LogP contribution in [0.1, 0.15) is 0 Å². The van der Waals surface area contributed by atoms with Gasteiger partial charge < -0.3 is 19.4 Å². The molecule has 0 unspecified atom stereocenters. The quantitative estimate of drug-likeness (QED) is 0.756. The zero-order valence-corrected chi connectivity index (χ0v) is 10.3. The highest BCUT2D eigenvalue weighted by Crippen LogP contribution is 2.19. The maximum Gasteiger partial charge on any atom is 0.314 e. The van der Waals surface area contributed by atoms with E-state index in [0.717, 1.165) is 37.9 Å². The van der Waals surface area contributed by atoms with Crippen LogP contribution in [0.4, 0.5) is 5.95 Å². The molecule has 0 amide bonds. The van der Waals surface area contributed by atoms with Gasteiger partial charge in [-0.1, -0.05) is 11.8 Å². The summed E-state index contributed by atoms with van der Waals surface area (Å²) in [5, 5.41) is 12.7. The number of aromatic nitrogens is 2. The molecule has 1 aromatic heterocycles. The maximum absolute atomic E-state index is 10.4. The van der Waals surface area contributed by atoms with Gasteiger partial charge in [0.1, 0.15) is 5.75 Å². The Hall–Kier alpha value is -1.28. The molecule has 2 heterocycles. The molecule has 1 saturated heterocycles. The van der Waals surface area contributed by atoms with E-state index in [9.17, 15) is 4.79 Å². The smallest absolute Gasteiger partial charge is 0.314 e. The van der Waals surface area contributed by atoms with Crippen LogP contribution < -0.4 is 4.90 Å². The SMILES string of the molecule is CN1CCN(c2noc(SCC(=O)O)n2)CC1. The summed E-state index contributed by atoms with van der Waals surface area (Å²) in [7, 11) is 2.07. The molecule has 0 aromatic carbocycles. The van der Waals surface area contributed by atoms with Crippen LogP contribution in [0, 0.1) is 0 Å². The number of rotatable bonds is 4. The molecule has 0 aliphatic carbocycles. The number of anilines is 1. The molecule has 17 heavy (non-hydrogen) atoms. The van der Waals surface area contributed by atoms with Gasteiger partial charge in [0.05, 0.1) is 0 Å². The summed E-state index contributed by atoms with van der Waals surface area (Å²) in [6.07, 6.45) is 0. The van der Waals surface area contributed by atoms with E-state index in [0.29, 0.717) is 11.2 Å². The van der Waals surface area contributed by atoms with E-state index in [4.69, 9.17) is 9.63 Å². The molecular weight excluding hydrogens is 244 g/mol. The Morgan fingerprint density at radius 1 is 1.47 bits per heavy atom. The summed E-state index contributed by atoms with van der Waals surface area (Å²) in [6.45, 7) is 3.65. The Morgan fingerprint density at radius 2 is 2.18 bits per heavy atom. The van der Waals surface area contributed by atoms with Crippen LogP contribution in [0.5, 0.6) is 0 Å². The molecule has 0 radical (unpaired) electrons. The van der Waals surface area contributed by atoms with E-state index >= 15 is 0 Å². The standard InChI is InChI=1S/C9H14N4O3S/c1-12-2-4-13(5-3-12)8-10-9(16-11-8)17-6-7(14)15/h2-6H2,1H3,(H,14,15). The maximum atomic E-state index is 10.4. The Labute approximate surface area is 103 Å². The summed E-state index contributed by atoms with van der Waals surface area (Å²) in [6, 6.07) is 0. The third-order valence-electron chi connectivity index (χ3n) is 2.50. The van der Waals surface area contributed by atoms with Crippen molar-refractivity contribution in [2.45, 2.75) is 5.22 Å². The monoisotopic (exact) mass is 258 g/mol. The number of carboxylic acid groups (broad SMARTS) is 1. The second-order valence-electron chi connectivity index (χ2n) is 3.83. The lowest BCUT2D eigenvalue weighted by atomic mass is 10.3. The molecule has 8 heteroatoms. The molecule has 0 atom stereocenters. The van der Waals surface area contributed by atoms with Crippen LogP contribution in [0.2, 0.25) is 0 Å². The summed E-state index contributed by atoms with van der Waals surface area (Å²) in [4.78, 5) is 18.8. The van der Waals surface area contributed by atoms with E-state index < -0.39 is 5.97 Å². The van der Waals surface area contributed by atoms with Gasteiger partial charge in [-0.25, -0.2) is 0 Å². The summed E-state index contributed by atoms with van der Waals surface area (Å²) in [5.41, 5.74) is 0. The first kappa shape index (κ1) is 12.2. The molecule has 2 rings (SSSR count). The molecule has 94 valence electrons. The largest absolute Gasteiger partial charge is 0.481 e. The number of piperazine rings is 1. The Kier molecular flexibility index (Phi) is 3.85. The Bertz CT molecular complexity index is 389. The number of carbonyl (C=O) groups is 1. The van der Waals surface area contributed by atoms with E-state index in [2.05, 4.69) is 22.1 Å². The highest BCUT2D eigenvalue weighted by atomic mass is 32.2. The highest BCUT2D eigenvalue weighted by molar-refractivity contribution is 7.99. The van der Waals surface area contributed by atoms with E-state index in [1.54, 1.807) is 0 Å². The summed E-state index contributed by atoms with van der Waals surface area (Å²) < 4.78 is 4.98. The lowest BCUT2D eigenvalue weighted by Gasteiger charge is -2.31. The Morgan fingerprint density at radius 3 is 2.82 bits per heavy atom. The molecule has 7 nitrogen and oxygen atoms in total. The molecule has 1 aromatic rings. The number of carboxylic acids is 1. The minimum Gasteiger partial charge on any atom is -0.481 e. The fourth-order valence-electron chi connectivity index (χ4n) is 1.52. The molecule has 1 aliphatic rings. The van der Waals surface area contributed by atoms with E-state index in [1.807, 2.05) is 4.90 Å². The second kappa shape index (κ2) is 5.37. The van der Waals surface area contributed by atoms with Crippen molar-refractivity contribution in [3.05, 3.63) is 0 Å². The lowest BCUT2D eigenvalue weighted by molar-refractivity contribution is -0.133. The van der Waals surface area contributed by atoms with Crippen molar-refractivity contribution >= 4 is 23.7 Å². The third kappa shape index (κ3) is 3.34. The van der Waals surface area contributed by atoms with Gasteiger partial charge in [-0.05, 0) is 12.2 Å². The first-order valence-corrected chi connectivity index (χ1v) is 6.25. The number of hydrogen-bond acceptors (Lipinski definition) is 7. The summed E-state index contributed by atoms with van der Waals surface area (Å²) >= 11 is 1.04. The molecule has 0 bridgehead atoms. The van der Waals surface area contributed by atoms with Gasteiger partial charge in [0.2, 0.25) is 0 Å². The van der Waals surface area contributed by atoms with Gasteiger partial charge in [-0.2, -0.15) is 4.98 Å². The lowest BCUT2D eigenvalue weighted by Crippen LogP contribution is -2.44. The highest BCUT2D eigenvalue weighted by Gasteiger charge is 2.19. The van der Waals surface area contributed by atoms with Crippen LogP contribution in [0.25, 0.3) is 0 Å². The van der Waals surface area contributed by atoms with Crippen LogP contribution in [-0.4, -0.2) is 65.1 Å². The Balaban J connectivity index is 1.91. The van der Waals surface area contributed by atoms with Crippen molar-refractivity contribution in [2.75, 3.05) is 43.9 Å². The summed E-state index contributed by atoms with van der Waals surface area (Å²) in [5.74, 6) is -0.412. The van der Waals surface area contributed by atoms with E-state index in [1.165, 1.54) is 0 Å². The van der Waals surface area contributed by atoms with E-state index in [-0.39, 0.29) is 5.75 Å². The van der Waals surface area contributed by atoms with Crippen LogP contribution in [-0.2, 0) is 4.79 Å². The van der Waals surface area contributed by atoms with Crippen molar-refractivity contribution in [2.24, 2.45) is 0 Å². The average molecular weight is 258 g/mol. The predicted octanol–water partition coefficient (Wildman–Crippen LogP) is -0.00190. The normalized spacial score (nSPS) is 17.4. The van der Waals surface area contributed by atoms with Crippen LogP contribution >= 0.6 is 11.8 Å². The minimum absolute atomic E-state index is 0.0651. The van der Waals surface area contributed by atoms with Crippen LogP contribution in [0.3, 0.4) is 0 Å². The number of hydrogen-bond donors (Lipinski definition) is 1. The molecule has 0 spiro atoms. The van der Waals surface area contributed by atoms with Crippen molar-refractivity contribution < 1.29 is 14.4 Å².